The molecule has 0 saturated heterocycles. The SMILES string of the molecule is CC(NCCCCN(C)C)c1ccc(F)cc1F. The summed E-state index contributed by atoms with van der Waals surface area (Å²) in [5.74, 6) is -1.02. The van der Waals surface area contributed by atoms with E-state index in [0.717, 1.165) is 32.0 Å². The van der Waals surface area contributed by atoms with Crippen LogP contribution in [0, 0.1) is 11.6 Å². The van der Waals surface area contributed by atoms with Gasteiger partial charge in [-0.3, -0.25) is 0 Å². The van der Waals surface area contributed by atoms with Crippen LogP contribution in [-0.4, -0.2) is 32.1 Å². The molecule has 0 aromatic heterocycles. The number of hydrogen-bond acceptors (Lipinski definition) is 2. The van der Waals surface area contributed by atoms with Gasteiger partial charge < -0.3 is 10.2 Å². The Morgan fingerprint density at radius 2 is 1.94 bits per heavy atom. The number of benzene rings is 1. The molecule has 18 heavy (non-hydrogen) atoms. The Kier molecular flexibility index (Phi) is 6.22. The molecule has 1 N–H and O–H groups in total. The van der Waals surface area contributed by atoms with Crippen molar-refractivity contribution >= 4 is 0 Å². The van der Waals surface area contributed by atoms with Crippen LogP contribution >= 0.6 is 0 Å². The zero-order chi connectivity index (χ0) is 13.5. The predicted octanol–water partition coefficient (Wildman–Crippen LogP) is 2.96. The third kappa shape index (κ3) is 5.10. The third-order valence-electron chi connectivity index (χ3n) is 2.91. The van der Waals surface area contributed by atoms with E-state index in [4.69, 9.17) is 0 Å². The summed E-state index contributed by atoms with van der Waals surface area (Å²) in [7, 11) is 4.09. The lowest BCUT2D eigenvalue weighted by molar-refractivity contribution is 0.388. The summed E-state index contributed by atoms with van der Waals surface area (Å²) in [4.78, 5) is 2.14. The highest BCUT2D eigenvalue weighted by molar-refractivity contribution is 5.21. The quantitative estimate of drug-likeness (QED) is 0.755. The van der Waals surface area contributed by atoms with E-state index in [1.54, 1.807) is 0 Å². The van der Waals surface area contributed by atoms with Gasteiger partial charge in [-0.05, 0) is 53.0 Å². The average Bonchev–Trinajstić information content (AvgIpc) is 2.27. The van der Waals surface area contributed by atoms with Gasteiger partial charge in [0.05, 0.1) is 0 Å². The predicted molar refractivity (Wildman–Crippen MR) is 70.6 cm³/mol. The molecule has 1 aromatic carbocycles. The summed E-state index contributed by atoms with van der Waals surface area (Å²) in [6, 6.07) is 3.63. The van der Waals surface area contributed by atoms with Gasteiger partial charge in [0, 0.05) is 17.7 Å². The van der Waals surface area contributed by atoms with Crippen LogP contribution in [0.2, 0.25) is 0 Å². The Labute approximate surface area is 108 Å². The molecule has 1 aromatic rings. The number of halogens is 2. The summed E-state index contributed by atoms with van der Waals surface area (Å²) in [6.07, 6.45) is 2.16. The maximum Gasteiger partial charge on any atom is 0.130 e. The van der Waals surface area contributed by atoms with E-state index in [-0.39, 0.29) is 6.04 Å². The number of unbranched alkanes of at least 4 members (excludes halogenated alkanes) is 1. The molecule has 1 unspecified atom stereocenters. The van der Waals surface area contributed by atoms with Gasteiger partial charge in [0.2, 0.25) is 0 Å². The molecule has 1 rings (SSSR count). The standard InChI is InChI=1S/C14H22F2N2/c1-11(17-8-4-5-9-18(2)3)13-7-6-12(15)10-14(13)16/h6-7,10-11,17H,4-5,8-9H2,1-3H3. The Morgan fingerprint density at radius 1 is 1.22 bits per heavy atom. The topological polar surface area (TPSA) is 15.3 Å². The lowest BCUT2D eigenvalue weighted by Crippen LogP contribution is -2.22. The van der Waals surface area contributed by atoms with Crippen LogP contribution in [0.15, 0.2) is 18.2 Å². The zero-order valence-electron chi connectivity index (χ0n) is 11.3. The molecule has 0 spiro atoms. The smallest absolute Gasteiger partial charge is 0.130 e. The van der Waals surface area contributed by atoms with Crippen LogP contribution in [-0.2, 0) is 0 Å². The maximum absolute atomic E-state index is 13.5. The second kappa shape index (κ2) is 7.44. The van der Waals surface area contributed by atoms with Crippen molar-refractivity contribution in [3.63, 3.8) is 0 Å². The Hall–Kier alpha value is -1.00. The summed E-state index contributed by atoms with van der Waals surface area (Å²) >= 11 is 0. The van der Waals surface area contributed by atoms with E-state index in [0.29, 0.717) is 5.56 Å². The molecule has 0 aliphatic carbocycles. The van der Waals surface area contributed by atoms with Crippen LogP contribution in [0.4, 0.5) is 8.78 Å². The first-order valence-electron chi connectivity index (χ1n) is 6.33. The molecule has 0 aliphatic rings. The van der Waals surface area contributed by atoms with Crippen molar-refractivity contribution in [3.8, 4) is 0 Å². The zero-order valence-corrected chi connectivity index (χ0v) is 11.3. The second-order valence-corrected chi connectivity index (χ2v) is 4.85. The molecular formula is C14H22F2N2. The molecule has 1 atom stereocenters. The van der Waals surface area contributed by atoms with E-state index in [1.165, 1.54) is 12.1 Å². The number of nitrogens with zero attached hydrogens (tertiary/aromatic N) is 1. The van der Waals surface area contributed by atoms with Gasteiger partial charge >= 0.3 is 0 Å². The Morgan fingerprint density at radius 3 is 2.56 bits per heavy atom. The van der Waals surface area contributed by atoms with Gasteiger partial charge in [0.15, 0.2) is 0 Å². The minimum atomic E-state index is -0.533. The fourth-order valence-corrected chi connectivity index (χ4v) is 1.83. The molecule has 0 bridgehead atoms. The van der Waals surface area contributed by atoms with Crippen molar-refractivity contribution in [1.82, 2.24) is 10.2 Å². The first-order valence-corrected chi connectivity index (χ1v) is 6.33. The Bertz CT molecular complexity index is 367. The molecule has 2 nitrogen and oxygen atoms in total. The van der Waals surface area contributed by atoms with E-state index in [1.807, 2.05) is 21.0 Å². The highest BCUT2D eigenvalue weighted by Gasteiger charge is 2.10. The molecule has 0 saturated carbocycles. The molecule has 4 heteroatoms. The third-order valence-corrected chi connectivity index (χ3v) is 2.91. The number of hydrogen-bond donors (Lipinski definition) is 1. The number of nitrogens with one attached hydrogen (secondary N) is 1. The van der Waals surface area contributed by atoms with Crippen molar-refractivity contribution in [1.29, 1.82) is 0 Å². The molecule has 0 radical (unpaired) electrons. The molecule has 0 amide bonds. The lowest BCUT2D eigenvalue weighted by atomic mass is 10.1. The summed E-state index contributed by atoms with van der Waals surface area (Å²) < 4.78 is 26.3. The van der Waals surface area contributed by atoms with Gasteiger partial charge in [0.1, 0.15) is 11.6 Å². The molecule has 0 aliphatic heterocycles. The van der Waals surface area contributed by atoms with Gasteiger partial charge in [-0.25, -0.2) is 8.78 Å². The minimum absolute atomic E-state index is 0.0926. The highest BCUT2D eigenvalue weighted by atomic mass is 19.1. The van der Waals surface area contributed by atoms with E-state index < -0.39 is 11.6 Å². The van der Waals surface area contributed by atoms with Crippen molar-refractivity contribution in [2.75, 3.05) is 27.2 Å². The largest absolute Gasteiger partial charge is 0.310 e. The van der Waals surface area contributed by atoms with Gasteiger partial charge in [-0.15, -0.1) is 0 Å². The fourth-order valence-electron chi connectivity index (χ4n) is 1.83. The normalized spacial score (nSPS) is 13.0. The number of rotatable bonds is 7. The Balaban J connectivity index is 2.34. The van der Waals surface area contributed by atoms with E-state index in [2.05, 4.69) is 10.2 Å². The first-order chi connectivity index (χ1) is 8.50. The van der Waals surface area contributed by atoms with E-state index >= 15 is 0 Å². The van der Waals surface area contributed by atoms with Crippen LogP contribution in [0.3, 0.4) is 0 Å². The molecule has 0 fully saturated rings. The molecule has 102 valence electrons. The van der Waals surface area contributed by atoms with Crippen molar-refractivity contribution < 1.29 is 8.78 Å². The average molecular weight is 256 g/mol. The minimum Gasteiger partial charge on any atom is -0.310 e. The van der Waals surface area contributed by atoms with Crippen LogP contribution < -0.4 is 5.32 Å². The van der Waals surface area contributed by atoms with Crippen LogP contribution in [0.1, 0.15) is 31.4 Å². The second-order valence-electron chi connectivity index (χ2n) is 4.85. The van der Waals surface area contributed by atoms with Crippen LogP contribution in [0.5, 0.6) is 0 Å². The lowest BCUT2D eigenvalue weighted by Gasteiger charge is -2.15. The van der Waals surface area contributed by atoms with Crippen molar-refractivity contribution in [3.05, 3.63) is 35.4 Å². The summed E-state index contributed by atoms with van der Waals surface area (Å²) in [5.41, 5.74) is 0.518. The highest BCUT2D eigenvalue weighted by Crippen LogP contribution is 2.17. The van der Waals surface area contributed by atoms with Crippen molar-refractivity contribution in [2.24, 2.45) is 0 Å². The molecule has 0 heterocycles. The molecular weight excluding hydrogens is 234 g/mol. The fraction of sp³-hybridized carbons (Fsp3) is 0.571. The van der Waals surface area contributed by atoms with Crippen LogP contribution in [0.25, 0.3) is 0 Å². The van der Waals surface area contributed by atoms with Crippen molar-refractivity contribution in [2.45, 2.75) is 25.8 Å². The summed E-state index contributed by atoms with van der Waals surface area (Å²) in [5, 5.41) is 3.25. The van der Waals surface area contributed by atoms with E-state index in [9.17, 15) is 8.78 Å². The van der Waals surface area contributed by atoms with Gasteiger partial charge in [0.25, 0.3) is 0 Å². The monoisotopic (exact) mass is 256 g/mol. The summed E-state index contributed by atoms with van der Waals surface area (Å²) in [6.45, 7) is 3.79. The maximum atomic E-state index is 13.5. The first kappa shape index (κ1) is 15.1. The van der Waals surface area contributed by atoms with Gasteiger partial charge in [-0.1, -0.05) is 6.07 Å². The van der Waals surface area contributed by atoms with Gasteiger partial charge in [-0.2, -0.15) is 0 Å².